The molecule has 0 fully saturated rings. The highest BCUT2D eigenvalue weighted by Crippen LogP contribution is 2.07. The Labute approximate surface area is 220 Å². The average Bonchev–Trinajstić information content (AvgIpc) is 2.81. The molecule has 0 aromatic heterocycles. The molecule has 4 amide bonds. The van der Waals surface area contributed by atoms with Gasteiger partial charge in [-0.15, -0.1) is 0 Å². The molecule has 4 atom stereocenters. The topological polar surface area (TPSA) is 284 Å². The number of aliphatic carboxylic acids is 1. The highest BCUT2D eigenvalue weighted by atomic mass is 32.2. The van der Waals surface area contributed by atoms with E-state index < -0.39 is 60.2 Å². The van der Waals surface area contributed by atoms with E-state index in [1.165, 1.54) is 11.8 Å². The lowest BCUT2D eigenvalue weighted by molar-refractivity contribution is -0.142. The second-order valence-corrected chi connectivity index (χ2v) is 9.30. The number of carbonyl (C=O) groups is 5. The summed E-state index contributed by atoms with van der Waals surface area (Å²) < 4.78 is 0. The molecule has 0 rings (SSSR count). The predicted molar refractivity (Wildman–Crippen MR) is 141 cm³/mol. The molecule has 0 aromatic carbocycles. The zero-order chi connectivity index (χ0) is 28.4. The minimum atomic E-state index is -1.25. The Balaban J connectivity index is 5.47. The summed E-state index contributed by atoms with van der Waals surface area (Å²) in [6.45, 7) is 0.558. The van der Waals surface area contributed by atoms with Gasteiger partial charge in [0.05, 0.1) is 12.5 Å². The van der Waals surface area contributed by atoms with Gasteiger partial charge in [-0.2, -0.15) is 11.8 Å². The first-order valence-electron chi connectivity index (χ1n) is 11.8. The smallest absolute Gasteiger partial charge is 0.326 e. The van der Waals surface area contributed by atoms with Crippen LogP contribution >= 0.6 is 11.8 Å². The quantitative estimate of drug-likeness (QED) is 0.0412. The molecule has 15 nitrogen and oxygen atoms in total. The van der Waals surface area contributed by atoms with Crippen LogP contribution in [0.4, 0.5) is 0 Å². The van der Waals surface area contributed by atoms with Crippen molar-refractivity contribution in [1.82, 2.24) is 16.0 Å². The number of thioether (sulfide) groups is 1. The number of nitrogens with one attached hydrogen (secondary N) is 3. The van der Waals surface area contributed by atoms with Crippen molar-refractivity contribution in [3.05, 3.63) is 0 Å². The van der Waals surface area contributed by atoms with Crippen LogP contribution < -0.4 is 44.6 Å². The van der Waals surface area contributed by atoms with Gasteiger partial charge in [-0.05, 0) is 57.1 Å². The van der Waals surface area contributed by atoms with E-state index in [0.29, 0.717) is 31.6 Å². The molecule has 0 bridgehead atoms. The van der Waals surface area contributed by atoms with Gasteiger partial charge in [0.2, 0.25) is 23.6 Å². The van der Waals surface area contributed by atoms with Crippen molar-refractivity contribution in [1.29, 1.82) is 0 Å². The number of nitrogens with two attached hydrogens (primary N) is 5. The molecule has 0 saturated carbocycles. The fourth-order valence-electron chi connectivity index (χ4n) is 3.16. The van der Waals surface area contributed by atoms with E-state index in [2.05, 4.69) is 20.9 Å². The molecular formula is C21H41N9O6S. The van der Waals surface area contributed by atoms with E-state index >= 15 is 0 Å². The number of hydrogen-bond acceptors (Lipinski definition) is 9. The fourth-order valence-corrected chi connectivity index (χ4v) is 3.63. The standard InChI is InChI=1S/C21H41N9O6S/c1-37-10-7-14(28-17(32)12(23)11-16(24)31)19(34)29-13(5-2-3-8-22)18(33)30-15(20(35)36)6-4-9-27-21(25)26/h12-15H,2-11,22-23H2,1H3,(H2,24,31)(H,28,32)(H,29,34)(H,30,33)(H,35,36)(H4,25,26,27). The molecule has 0 saturated heterocycles. The fraction of sp³-hybridized carbons (Fsp3) is 0.714. The monoisotopic (exact) mass is 547 g/mol. The number of amides is 4. The molecule has 0 aliphatic heterocycles. The number of guanidine groups is 1. The largest absolute Gasteiger partial charge is 0.480 e. The second kappa shape index (κ2) is 19.1. The molecule has 0 heterocycles. The number of hydrogen-bond donors (Lipinski definition) is 9. The van der Waals surface area contributed by atoms with Crippen LogP contribution in [-0.2, 0) is 24.0 Å². The number of aliphatic imine (C=N–C) groups is 1. The van der Waals surface area contributed by atoms with Crippen LogP contribution in [0.2, 0.25) is 0 Å². The molecule has 0 aromatic rings. The summed E-state index contributed by atoms with van der Waals surface area (Å²) in [5.74, 6) is -3.73. The van der Waals surface area contributed by atoms with E-state index in [9.17, 15) is 29.1 Å². The lowest BCUT2D eigenvalue weighted by Crippen LogP contribution is -2.57. The highest BCUT2D eigenvalue weighted by Gasteiger charge is 2.30. The Morgan fingerprint density at radius 2 is 1.38 bits per heavy atom. The summed E-state index contributed by atoms with van der Waals surface area (Å²) in [5.41, 5.74) is 26.8. The van der Waals surface area contributed by atoms with Crippen molar-refractivity contribution in [3.8, 4) is 0 Å². The van der Waals surface area contributed by atoms with Crippen LogP contribution in [0.5, 0.6) is 0 Å². The lowest BCUT2D eigenvalue weighted by Gasteiger charge is -2.25. The molecule has 4 unspecified atom stereocenters. The number of carboxylic acid groups (broad SMARTS) is 1. The molecule has 0 radical (unpaired) electrons. The van der Waals surface area contributed by atoms with E-state index in [1.54, 1.807) is 0 Å². The Hall–Kier alpha value is -3.11. The SMILES string of the molecule is CSCCC(NC(=O)C(N)CC(N)=O)C(=O)NC(CCCCN)C(=O)NC(CCCN=C(N)N)C(=O)O. The lowest BCUT2D eigenvalue weighted by atomic mass is 10.1. The van der Waals surface area contributed by atoms with Crippen molar-refractivity contribution in [2.45, 2.75) is 69.1 Å². The van der Waals surface area contributed by atoms with Gasteiger partial charge in [0.25, 0.3) is 0 Å². The van der Waals surface area contributed by atoms with Crippen molar-refractivity contribution < 1.29 is 29.1 Å². The Morgan fingerprint density at radius 1 is 0.838 bits per heavy atom. The van der Waals surface area contributed by atoms with E-state index in [0.717, 1.165) is 0 Å². The summed E-state index contributed by atoms with van der Waals surface area (Å²) in [7, 11) is 0. The minimum Gasteiger partial charge on any atom is -0.480 e. The second-order valence-electron chi connectivity index (χ2n) is 8.31. The van der Waals surface area contributed by atoms with Crippen LogP contribution in [-0.4, -0.2) is 89.9 Å². The zero-order valence-corrected chi connectivity index (χ0v) is 21.9. The third-order valence-electron chi connectivity index (χ3n) is 5.14. The molecular weight excluding hydrogens is 506 g/mol. The van der Waals surface area contributed by atoms with Gasteiger partial charge in [0.15, 0.2) is 5.96 Å². The maximum atomic E-state index is 13.0. The first-order chi connectivity index (χ1) is 17.4. The highest BCUT2D eigenvalue weighted by molar-refractivity contribution is 7.98. The average molecular weight is 548 g/mol. The number of carbonyl (C=O) groups excluding carboxylic acids is 4. The van der Waals surface area contributed by atoms with Gasteiger partial charge >= 0.3 is 5.97 Å². The third kappa shape index (κ3) is 15.6. The van der Waals surface area contributed by atoms with Crippen LogP contribution in [0.3, 0.4) is 0 Å². The number of nitrogens with zero attached hydrogens (tertiary/aromatic N) is 1. The van der Waals surface area contributed by atoms with Gasteiger partial charge in [-0.1, -0.05) is 0 Å². The molecule has 14 N–H and O–H groups in total. The van der Waals surface area contributed by atoms with Gasteiger partial charge in [-0.25, -0.2) is 4.79 Å². The van der Waals surface area contributed by atoms with Gasteiger partial charge in [-0.3, -0.25) is 24.2 Å². The minimum absolute atomic E-state index is 0.0610. The number of rotatable bonds is 20. The third-order valence-corrected chi connectivity index (χ3v) is 5.79. The summed E-state index contributed by atoms with van der Waals surface area (Å²) in [6, 6.07) is -4.58. The Morgan fingerprint density at radius 3 is 1.89 bits per heavy atom. The summed E-state index contributed by atoms with van der Waals surface area (Å²) in [6.07, 6.45) is 3.27. The van der Waals surface area contributed by atoms with Crippen LogP contribution in [0.15, 0.2) is 4.99 Å². The number of unbranched alkanes of at least 4 members (excludes halogenated alkanes) is 1. The van der Waals surface area contributed by atoms with E-state index in [1.807, 2.05) is 6.26 Å². The van der Waals surface area contributed by atoms with E-state index in [-0.39, 0.29) is 31.8 Å². The normalized spacial score (nSPS) is 13.9. The van der Waals surface area contributed by atoms with Crippen LogP contribution in [0, 0.1) is 0 Å². The predicted octanol–water partition coefficient (Wildman–Crippen LogP) is -3.34. The molecule has 37 heavy (non-hydrogen) atoms. The van der Waals surface area contributed by atoms with E-state index in [4.69, 9.17) is 28.7 Å². The number of carboxylic acids is 1. The Bertz CT molecular complexity index is 794. The van der Waals surface area contributed by atoms with Crippen LogP contribution in [0.25, 0.3) is 0 Å². The van der Waals surface area contributed by atoms with Crippen molar-refractivity contribution in [2.24, 2.45) is 33.7 Å². The zero-order valence-electron chi connectivity index (χ0n) is 21.1. The molecule has 212 valence electrons. The van der Waals surface area contributed by atoms with Crippen LogP contribution in [0.1, 0.15) is 44.9 Å². The van der Waals surface area contributed by atoms with Crippen molar-refractivity contribution in [3.63, 3.8) is 0 Å². The van der Waals surface area contributed by atoms with Gasteiger partial charge < -0.3 is 49.7 Å². The molecule has 0 aliphatic carbocycles. The number of primary amides is 1. The van der Waals surface area contributed by atoms with Gasteiger partial charge in [0, 0.05) is 6.54 Å². The maximum Gasteiger partial charge on any atom is 0.326 e. The Kier molecular flexibility index (Phi) is 17.5. The summed E-state index contributed by atoms with van der Waals surface area (Å²) >= 11 is 1.44. The first-order valence-corrected chi connectivity index (χ1v) is 13.2. The maximum absolute atomic E-state index is 13.0. The summed E-state index contributed by atoms with van der Waals surface area (Å²) in [5, 5.41) is 17.0. The molecule has 0 aliphatic rings. The van der Waals surface area contributed by atoms with Crippen molar-refractivity contribution >= 4 is 47.3 Å². The molecule has 0 spiro atoms. The van der Waals surface area contributed by atoms with Crippen molar-refractivity contribution in [2.75, 3.05) is 25.1 Å². The van der Waals surface area contributed by atoms with Gasteiger partial charge in [0.1, 0.15) is 18.1 Å². The molecule has 16 heteroatoms. The first kappa shape index (κ1) is 33.9. The summed E-state index contributed by atoms with van der Waals surface area (Å²) in [4.78, 5) is 64.9.